The van der Waals surface area contributed by atoms with Gasteiger partial charge in [0.05, 0.1) is 12.2 Å². The maximum Gasteiger partial charge on any atom is 0.243 e. The lowest BCUT2D eigenvalue weighted by atomic mass is 10.1. The van der Waals surface area contributed by atoms with Gasteiger partial charge in [-0.05, 0) is 24.5 Å². The minimum atomic E-state index is -0.142. The van der Waals surface area contributed by atoms with Gasteiger partial charge in [0.25, 0.3) is 0 Å². The average molecular weight is 231 g/mol. The summed E-state index contributed by atoms with van der Waals surface area (Å²) < 4.78 is 5.89. The minimum absolute atomic E-state index is 0.115. The summed E-state index contributed by atoms with van der Waals surface area (Å²) in [5.74, 6) is -0.142. The molecular weight excluding hydrogens is 214 g/mol. The maximum absolute atomic E-state index is 11.0. The Morgan fingerprint density at radius 1 is 1.41 bits per heavy atom. The highest BCUT2D eigenvalue weighted by atomic mass is 16.5. The normalized spacial score (nSPS) is 23.3. The highest BCUT2D eigenvalue weighted by molar-refractivity contribution is 5.86. The first-order chi connectivity index (χ1) is 8.29. The second-order valence-electron chi connectivity index (χ2n) is 4.18. The third-order valence-corrected chi connectivity index (χ3v) is 2.97. The summed E-state index contributed by atoms with van der Waals surface area (Å²) in [7, 11) is 0. The van der Waals surface area contributed by atoms with Crippen molar-refractivity contribution in [1.29, 1.82) is 0 Å². The number of hydrogen-bond acceptors (Lipinski definition) is 2. The molecule has 2 atom stereocenters. The Balaban J connectivity index is 1.84. The molecule has 0 aliphatic carbocycles. The van der Waals surface area contributed by atoms with Crippen LogP contribution in [0.15, 0.2) is 43.0 Å². The van der Waals surface area contributed by atoms with E-state index in [2.05, 4.69) is 24.0 Å². The van der Waals surface area contributed by atoms with Crippen LogP contribution in [0, 0.1) is 0 Å². The predicted molar refractivity (Wildman–Crippen MR) is 66.5 cm³/mol. The van der Waals surface area contributed by atoms with Crippen LogP contribution in [-0.4, -0.2) is 18.6 Å². The van der Waals surface area contributed by atoms with Crippen molar-refractivity contribution >= 4 is 5.91 Å². The Bertz CT molecular complexity index is 388. The summed E-state index contributed by atoms with van der Waals surface area (Å²) in [4.78, 5) is 11.0. The maximum atomic E-state index is 11.0. The zero-order valence-electron chi connectivity index (χ0n) is 9.76. The summed E-state index contributed by atoms with van der Waals surface area (Å²) in [6, 6.07) is 10.2. The Labute approximate surface area is 101 Å². The molecule has 0 spiro atoms. The molecule has 3 heteroatoms. The van der Waals surface area contributed by atoms with Gasteiger partial charge in [-0.3, -0.25) is 4.79 Å². The molecule has 1 aliphatic rings. The highest BCUT2D eigenvalue weighted by Gasteiger charge is 2.26. The summed E-state index contributed by atoms with van der Waals surface area (Å²) >= 11 is 0. The minimum Gasteiger partial charge on any atom is -0.368 e. The van der Waals surface area contributed by atoms with Gasteiger partial charge in [0.2, 0.25) is 5.91 Å². The van der Waals surface area contributed by atoms with E-state index in [-0.39, 0.29) is 18.1 Å². The molecule has 1 amide bonds. The van der Waals surface area contributed by atoms with E-state index in [1.807, 2.05) is 18.2 Å². The molecule has 90 valence electrons. The number of benzene rings is 1. The van der Waals surface area contributed by atoms with Gasteiger partial charge in [0.15, 0.2) is 0 Å². The standard InChI is InChI=1S/C14H17NO2/c1-2-14(16)15-10-12-8-9-13(17-12)11-6-4-3-5-7-11/h2-7,12-13H,1,8-10H2,(H,15,16)/t12-,13-/m1/s1. The molecule has 0 aromatic heterocycles. The van der Waals surface area contributed by atoms with Crippen molar-refractivity contribution < 1.29 is 9.53 Å². The van der Waals surface area contributed by atoms with Gasteiger partial charge in [-0.1, -0.05) is 36.9 Å². The number of carbonyl (C=O) groups excluding carboxylic acids is 1. The van der Waals surface area contributed by atoms with Gasteiger partial charge in [0.1, 0.15) is 0 Å². The van der Waals surface area contributed by atoms with Gasteiger partial charge in [0, 0.05) is 6.54 Å². The van der Waals surface area contributed by atoms with Crippen LogP contribution < -0.4 is 5.32 Å². The van der Waals surface area contributed by atoms with E-state index < -0.39 is 0 Å². The molecule has 1 saturated heterocycles. The van der Waals surface area contributed by atoms with Crippen LogP contribution in [0.5, 0.6) is 0 Å². The van der Waals surface area contributed by atoms with Crippen molar-refractivity contribution in [2.45, 2.75) is 25.0 Å². The van der Waals surface area contributed by atoms with Gasteiger partial charge < -0.3 is 10.1 Å². The Morgan fingerprint density at radius 2 is 2.18 bits per heavy atom. The lowest BCUT2D eigenvalue weighted by molar-refractivity contribution is -0.117. The van der Waals surface area contributed by atoms with Crippen LogP contribution >= 0.6 is 0 Å². The topological polar surface area (TPSA) is 38.3 Å². The molecular formula is C14H17NO2. The SMILES string of the molecule is C=CC(=O)NC[C@H]1CC[C@H](c2ccccc2)O1. The third kappa shape index (κ3) is 3.17. The van der Waals surface area contributed by atoms with Crippen LogP contribution in [0.3, 0.4) is 0 Å². The van der Waals surface area contributed by atoms with E-state index in [9.17, 15) is 4.79 Å². The molecule has 0 unspecified atom stereocenters. The number of ether oxygens (including phenoxy) is 1. The number of carbonyl (C=O) groups is 1. The first-order valence-corrected chi connectivity index (χ1v) is 5.90. The van der Waals surface area contributed by atoms with Gasteiger partial charge in [-0.15, -0.1) is 0 Å². The van der Waals surface area contributed by atoms with Crippen LogP contribution in [0.4, 0.5) is 0 Å². The quantitative estimate of drug-likeness (QED) is 0.807. The fourth-order valence-electron chi connectivity index (χ4n) is 2.06. The number of nitrogens with one attached hydrogen (secondary N) is 1. The zero-order chi connectivity index (χ0) is 12.1. The molecule has 1 N–H and O–H groups in total. The monoisotopic (exact) mass is 231 g/mol. The second kappa shape index (κ2) is 5.64. The summed E-state index contributed by atoms with van der Waals surface area (Å²) in [6.07, 6.45) is 3.56. The molecule has 1 aromatic carbocycles. The van der Waals surface area contributed by atoms with E-state index in [0.29, 0.717) is 6.54 Å². The Hall–Kier alpha value is -1.61. The van der Waals surface area contributed by atoms with E-state index >= 15 is 0 Å². The van der Waals surface area contributed by atoms with Crippen LogP contribution in [0.25, 0.3) is 0 Å². The van der Waals surface area contributed by atoms with Crippen molar-refractivity contribution in [3.05, 3.63) is 48.6 Å². The molecule has 1 aliphatic heterocycles. The average Bonchev–Trinajstić information content (AvgIpc) is 2.86. The van der Waals surface area contributed by atoms with Gasteiger partial charge in [-0.2, -0.15) is 0 Å². The fraction of sp³-hybridized carbons (Fsp3) is 0.357. The molecule has 1 aromatic rings. The van der Waals surface area contributed by atoms with E-state index in [4.69, 9.17) is 4.74 Å². The molecule has 3 nitrogen and oxygen atoms in total. The molecule has 0 saturated carbocycles. The Kier molecular flexibility index (Phi) is 3.94. The van der Waals surface area contributed by atoms with Crippen molar-refractivity contribution in [2.24, 2.45) is 0 Å². The summed E-state index contributed by atoms with van der Waals surface area (Å²) in [5.41, 5.74) is 1.21. The Morgan fingerprint density at radius 3 is 2.88 bits per heavy atom. The van der Waals surface area contributed by atoms with Crippen LogP contribution in [-0.2, 0) is 9.53 Å². The van der Waals surface area contributed by atoms with Gasteiger partial charge in [-0.25, -0.2) is 0 Å². The van der Waals surface area contributed by atoms with Crippen molar-refractivity contribution in [3.63, 3.8) is 0 Å². The largest absolute Gasteiger partial charge is 0.368 e. The highest BCUT2D eigenvalue weighted by Crippen LogP contribution is 2.32. The predicted octanol–water partition coefficient (Wildman–Crippen LogP) is 2.21. The van der Waals surface area contributed by atoms with Gasteiger partial charge >= 0.3 is 0 Å². The van der Waals surface area contributed by atoms with Crippen LogP contribution in [0.2, 0.25) is 0 Å². The number of rotatable bonds is 4. The van der Waals surface area contributed by atoms with E-state index in [1.54, 1.807) is 0 Å². The van der Waals surface area contributed by atoms with Crippen molar-refractivity contribution in [3.8, 4) is 0 Å². The van der Waals surface area contributed by atoms with E-state index in [0.717, 1.165) is 12.8 Å². The van der Waals surface area contributed by atoms with Crippen LogP contribution in [0.1, 0.15) is 24.5 Å². The van der Waals surface area contributed by atoms with Crippen molar-refractivity contribution in [2.75, 3.05) is 6.54 Å². The molecule has 1 heterocycles. The number of hydrogen-bond donors (Lipinski definition) is 1. The molecule has 1 fully saturated rings. The van der Waals surface area contributed by atoms with E-state index in [1.165, 1.54) is 11.6 Å². The lowest BCUT2D eigenvalue weighted by Gasteiger charge is -2.14. The summed E-state index contributed by atoms with van der Waals surface area (Å²) in [5, 5.41) is 2.76. The second-order valence-corrected chi connectivity index (χ2v) is 4.18. The fourth-order valence-corrected chi connectivity index (χ4v) is 2.06. The molecule has 0 bridgehead atoms. The first-order valence-electron chi connectivity index (χ1n) is 5.90. The summed E-state index contributed by atoms with van der Waals surface area (Å²) in [6.45, 7) is 3.98. The first kappa shape index (κ1) is 11.9. The third-order valence-electron chi connectivity index (χ3n) is 2.97. The van der Waals surface area contributed by atoms with Crippen molar-refractivity contribution in [1.82, 2.24) is 5.32 Å². The smallest absolute Gasteiger partial charge is 0.243 e. The zero-order valence-corrected chi connectivity index (χ0v) is 9.76. The molecule has 2 rings (SSSR count). The molecule has 17 heavy (non-hydrogen) atoms. The lowest BCUT2D eigenvalue weighted by Crippen LogP contribution is -2.30. The number of amides is 1. The molecule has 0 radical (unpaired) electrons.